The number of nitrogens with two attached hydrogens (primary N) is 1. The van der Waals surface area contributed by atoms with Gasteiger partial charge in [-0.1, -0.05) is 5.16 Å². The van der Waals surface area contributed by atoms with Crippen LogP contribution in [0.4, 0.5) is 11.4 Å². The van der Waals surface area contributed by atoms with E-state index >= 15 is 0 Å². The Morgan fingerprint density at radius 2 is 2.43 bits per heavy atom. The van der Waals surface area contributed by atoms with Crippen LogP contribution in [0.2, 0.25) is 0 Å². The highest BCUT2D eigenvalue weighted by atomic mass is 16.6. The zero-order valence-electron chi connectivity index (χ0n) is 11.7. The van der Waals surface area contributed by atoms with Crippen LogP contribution in [-0.4, -0.2) is 42.8 Å². The Bertz CT molecular complexity index is 561. The van der Waals surface area contributed by atoms with Gasteiger partial charge in [0.05, 0.1) is 11.5 Å². The molecular weight excluding hydrogens is 276 g/mol. The lowest BCUT2D eigenvalue weighted by molar-refractivity contribution is -0.384. The molecule has 1 aliphatic rings. The van der Waals surface area contributed by atoms with Crippen molar-refractivity contribution in [2.75, 3.05) is 31.7 Å². The van der Waals surface area contributed by atoms with Crippen LogP contribution in [0.1, 0.15) is 12.0 Å². The number of amidine groups is 1. The monoisotopic (exact) mass is 294 g/mol. The van der Waals surface area contributed by atoms with Crippen molar-refractivity contribution in [3.63, 3.8) is 0 Å². The van der Waals surface area contributed by atoms with E-state index in [1.165, 1.54) is 6.07 Å². The van der Waals surface area contributed by atoms with Crippen molar-refractivity contribution in [2.45, 2.75) is 6.42 Å². The number of nitro groups is 1. The van der Waals surface area contributed by atoms with E-state index in [0.717, 1.165) is 19.5 Å². The van der Waals surface area contributed by atoms with E-state index < -0.39 is 4.92 Å². The van der Waals surface area contributed by atoms with Crippen molar-refractivity contribution in [1.29, 1.82) is 0 Å². The first-order valence-corrected chi connectivity index (χ1v) is 6.57. The minimum Gasteiger partial charge on any atom is -0.409 e. The molecule has 1 saturated heterocycles. The van der Waals surface area contributed by atoms with Crippen LogP contribution < -0.4 is 10.6 Å². The first-order chi connectivity index (χ1) is 10.1. The molecule has 1 aliphatic heterocycles. The quantitative estimate of drug-likeness (QED) is 0.277. The van der Waals surface area contributed by atoms with E-state index in [1.54, 1.807) is 19.2 Å². The molecule has 8 nitrogen and oxygen atoms in total. The fourth-order valence-corrected chi connectivity index (χ4v) is 2.58. The summed E-state index contributed by atoms with van der Waals surface area (Å²) in [5.74, 6) is 0.224. The zero-order valence-corrected chi connectivity index (χ0v) is 11.7. The number of hydrogen-bond acceptors (Lipinski definition) is 6. The van der Waals surface area contributed by atoms with Gasteiger partial charge in [0, 0.05) is 37.7 Å². The van der Waals surface area contributed by atoms with E-state index in [1.807, 2.05) is 4.90 Å². The van der Waals surface area contributed by atoms with Gasteiger partial charge < -0.3 is 20.6 Å². The number of nitrogens with zero attached hydrogens (tertiary/aromatic N) is 3. The van der Waals surface area contributed by atoms with Gasteiger partial charge in [0.25, 0.3) is 5.69 Å². The molecule has 1 unspecified atom stereocenters. The lowest BCUT2D eigenvalue weighted by Crippen LogP contribution is -2.22. The van der Waals surface area contributed by atoms with Crippen molar-refractivity contribution >= 4 is 17.2 Å². The molecule has 1 atom stereocenters. The highest BCUT2D eigenvalue weighted by Gasteiger charge is 2.28. The first-order valence-electron chi connectivity index (χ1n) is 6.57. The standard InChI is InChI=1S/C13H18N4O4/c1-21-8-9-4-5-16(7-9)11-3-2-10(13(14)15-18)6-12(11)17(19)20/h2-3,6,9,18H,4-5,7-8H2,1H3,(H2,14,15). The third kappa shape index (κ3) is 3.22. The van der Waals surface area contributed by atoms with E-state index in [4.69, 9.17) is 15.7 Å². The number of methoxy groups -OCH3 is 1. The molecule has 0 aliphatic carbocycles. The molecule has 1 aromatic carbocycles. The lowest BCUT2D eigenvalue weighted by atomic mass is 10.1. The summed E-state index contributed by atoms with van der Waals surface area (Å²) in [5, 5.41) is 22.8. The van der Waals surface area contributed by atoms with Crippen molar-refractivity contribution in [2.24, 2.45) is 16.8 Å². The number of hydrogen-bond donors (Lipinski definition) is 2. The fraction of sp³-hybridized carbons (Fsp3) is 0.462. The number of oxime groups is 1. The van der Waals surface area contributed by atoms with Crippen molar-refractivity contribution in [1.82, 2.24) is 0 Å². The van der Waals surface area contributed by atoms with Crippen LogP contribution in [0.5, 0.6) is 0 Å². The molecule has 1 aromatic rings. The van der Waals surface area contributed by atoms with Crippen LogP contribution >= 0.6 is 0 Å². The van der Waals surface area contributed by atoms with Crippen LogP contribution in [-0.2, 0) is 4.74 Å². The van der Waals surface area contributed by atoms with Crippen LogP contribution in [0.15, 0.2) is 23.4 Å². The Kier molecular flexibility index (Phi) is 4.59. The number of benzene rings is 1. The van der Waals surface area contributed by atoms with Gasteiger partial charge in [0.2, 0.25) is 0 Å². The summed E-state index contributed by atoms with van der Waals surface area (Å²) in [6.07, 6.45) is 0.937. The van der Waals surface area contributed by atoms with Gasteiger partial charge in [-0.2, -0.15) is 0 Å². The second-order valence-electron chi connectivity index (χ2n) is 5.00. The molecule has 1 heterocycles. The Balaban J connectivity index is 2.30. The zero-order chi connectivity index (χ0) is 15.4. The molecule has 21 heavy (non-hydrogen) atoms. The molecule has 2 rings (SSSR count). The second kappa shape index (κ2) is 6.40. The van der Waals surface area contributed by atoms with E-state index in [9.17, 15) is 10.1 Å². The van der Waals surface area contributed by atoms with E-state index in [0.29, 0.717) is 23.8 Å². The van der Waals surface area contributed by atoms with Crippen molar-refractivity contribution < 1.29 is 14.9 Å². The highest BCUT2D eigenvalue weighted by Crippen LogP contribution is 2.33. The topological polar surface area (TPSA) is 114 Å². The average Bonchev–Trinajstić information content (AvgIpc) is 2.94. The van der Waals surface area contributed by atoms with Gasteiger partial charge in [-0.05, 0) is 18.6 Å². The van der Waals surface area contributed by atoms with Gasteiger partial charge in [0.1, 0.15) is 5.69 Å². The van der Waals surface area contributed by atoms with Crippen LogP contribution in [0, 0.1) is 16.0 Å². The maximum atomic E-state index is 11.3. The minimum atomic E-state index is -0.451. The summed E-state index contributed by atoms with van der Waals surface area (Å²) in [6.45, 7) is 2.11. The number of rotatable bonds is 5. The molecule has 0 spiro atoms. The van der Waals surface area contributed by atoms with Gasteiger partial charge >= 0.3 is 0 Å². The van der Waals surface area contributed by atoms with Gasteiger partial charge in [-0.3, -0.25) is 10.1 Å². The molecule has 114 valence electrons. The van der Waals surface area contributed by atoms with E-state index in [2.05, 4.69) is 5.16 Å². The summed E-state index contributed by atoms with van der Waals surface area (Å²) in [7, 11) is 1.65. The number of ether oxygens (including phenoxy) is 1. The van der Waals surface area contributed by atoms with E-state index in [-0.39, 0.29) is 11.5 Å². The molecule has 0 aromatic heterocycles. The average molecular weight is 294 g/mol. The number of nitro benzene ring substituents is 1. The fourth-order valence-electron chi connectivity index (χ4n) is 2.58. The Labute approximate surface area is 121 Å². The Morgan fingerprint density at radius 3 is 3.05 bits per heavy atom. The maximum Gasteiger partial charge on any atom is 0.293 e. The first kappa shape index (κ1) is 15.0. The smallest absolute Gasteiger partial charge is 0.293 e. The summed E-state index contributed by atoms with van der Waals surface area (Å²) in [6, 6.07) is 4.58. The molecule has 8 heteroatoms. The van der Waals surface area contributed by atoms with Crippen LogP contribution in [0.25, 0.3) is 0 Å². The summed E-state index contributed by atoms with van der Waals surface area (Å²) >= 11 is 0. The van der Waals surface area contributed by atoms with Gasteiger partial charge in [-0.15, -0.1) is 0 Å². The lowest BCUT2D eigenvalue weighted by Gasteiger charge is -2.19. The van der Waals surface area contributed by atoms with Gasteiger partial charge in [-0.25, -0.2) is 0 Å². The Morgan fingerprint density at radius 1 is 1.67 bits per heavy atom. The predicted octanol–water partition coefficient (Wildman–Crippen LogP) is 1.16. The molecule has 3 N–H and O–H groups in total. The predicted molar refractivity (Wildman–Crippen MR) is 77.8 cm³/mol. The van der Waals surface area contributed by atoms with Crippen molar-refractivity contribution in [3.8, 4) is 0 Å². The maximum absolute atomic E-state index is 11.3. The molecule has 0 bridgehead atoms. The minimum absolute atomic E-state index is 0.0443. The number of anilines is 1. The molecule has 0 amide bonds. The molecular formula is C13H18N4O4. The molecule has 0 saturated carbocycles. The van der Waals surface area contributed by atoms with Crippen LogP contribution in [0.3, 0.4) is 0 Å². The molecule has 0 radical (unpaired) electrons. The SMILES string of the molecule is COCC1CCN(c2ccc(C(N)=NO)cc2[N+](=O)[O-])C1. The van der Waals surface area contributed by atoms with Crippen molar-refractivity contribution in [3.05, 3.63) is 33.9 Å². The third-order valence-corrected chi connectivity index (χ3v) is 3.60. The third-order valence-electron chi connectivity index (χ3n) is 3.60. The summed E-state index contributed by atoms with van der Waals surface area (Å²) < 4.78 is 5.13. The molecule has 1 fully saturated rings. The largest absolute Gasteiger partial charge is 0.409 e. The summed E-state index contributed by atoms with van der Waals surface area (Å²) in [5.41, 5.74) is 6.30. The summed E-state index contributed by atoms with van der Waals surface area (Å²) in [4.78, 5) is 12.8. The second-order valence-corrected chi connectivity index (χ2v) is 5.00. The highest BCUT2D eigenvalue weighted by molar-refractivity contribution is 5.98. The Hall–Kier alpha value is -2.35. The normalized spacial score (nSPS) is 19.0. The van der Waals surface area contributed by atoms with Gasteiger partial charge in [0.15, 0.2) is 5.84 Å².